The topological polar surface area (TPSA) is 84.7 Å². The fourth-order valence-corrected chi connectivity index (χ4v) is 4.82. The number of rotatable bonds is 5. The molecule has 2 atom stereocenters. The third-order valence-electron chi connectivity index (χ3n) is 5.37. The minimum absolute atomic E-state index is 0.209. The van der Waals surface area contributed by atoms with E-state index in [1.165, 1.54) is 11.3 Å². The molecule has 3 aromatic heterocycles. The molecule has 1 fully saturated rings. The number of nitrogens with one attached hydrogen (secondary N) is 1. The van der Waals surface area contributed by atoms with Crippen molar-refractivity contribution in [2.45, 2.75) is 32.6 Å². The summed E-state index contributed by atoms with van der Waals surface area (Å²) in [4.78, 5) is 24.3. The first-order valence-corrected chi connectivity index (χ1v) is 11.5. The Labute approximate surface area is 189 Å². The van der Waals surface area contributed by atoms with Gasteiger partial charge < -0.3 is 4.74 Å². The van der Waals surface area contributed by atoms with Gasteiger partial charge in [0.05, 0.1) is 29.8 Å². The molecule has 5 rings (SSSR count). The third kappa shape index (κ3) is 4.27. The highest BCUT2D eigenvalue weighted by Crippen LogP contribution is 2.23. The predicted molar refractivity (Wildman–Crippen MR) is 124 cm³/mol. The van der Waals surface area contributed by atoms with Crippen LogP contribution in [0.25, 0.3) is 16.9 Å². The number of fused-ring (bicyclic) bond motifs is 1. The van der Waals surface area contributed by atoms with Crippen LogP contribution in [0.3, 0.4) is 0 Å². The highest BCUT2D eigenvalue weighted by atomic mass is 32.1. The number of aromatic nitrogens is 4. The van der Waals surface area contributed by atoms with Gasteiger partial charge in [-0.1, -0.05) is 30.3 Å². The summed E-state index contributed by atoms with van der Waals surface area (Å²) in [5.41, 5.74) is 3.75. The van der Waals surface area contributed by atoms with Crippen molar-refractivity contribution in [3.05, 3.63) is 65.4 Å². The fourth-order valence-electron chi connectivity index (χ4n) is 4.12. The van der Waals surface area contributed by atoms with Gasteiger partial charge in [0.25, 0.3) is 5.91 Å². The van der Waals surface area contributed by atoms with E-state index in [1.807, 2.05) is 41.8 Å². The minimum atomic E-state index is -0.271. The van der Waals surface area contributed by atoms with Crippen molar-refractivity contribution in [2.24, 2.45) is 0 Å². The maximum absolute atomic E-state index is 13.0. The van der Waals surface area contributed by atoms with E-state index in [0.717, 1.165) is 36.6 Å². The number of carbonyl (C=O) groups excluding carboxylic acids is 1. The second-order valence-electron chi connectivity index (χ2n) is 8.04. The molecular formula is C23H24N6O2S. The zero-order valence-corrected chi connectivity index (χ0v) is 18.7. The monoisotopic (exact) mass is 448 g/mol. The maximum Gasteiger partial charge on any atom is 0.262 e. The predicted octanol–water partition coefficient (Wildman–Crippen LogP) is 3.71. The average molecular weight is 449 g/mol. The molecule has 1 saturated heterocycles. The summed E-state index contributed by atoms with van der Waals surface area (Å²) in [6, 6.07) is 11.8. The number of morpholine rings is 1. The van der Waals surface area contributed by atoms with Crippen LogP contribution >= 0.6 is 11.3 Å². The van der Waals surface area contributed by atoms with Crippen molar-refractivity contribution in [1.82, 2.24) is 24.5 Å². The van der Waals surface area contributed by atoms with Crippen molar-refractivity contribution in [1.29, 1.82) is 0 Å². The molecule has 164 valence electrons. The molecule has 1 aliphatic heterocycles. The number of hydrogen-bond donors (Lipinski definition) is 1. The normalized spacial score (nSPS) is 19.3. The molecule has 1 aliphatic rings. The van der Waals surface area contributed by atoms with E-state index in [4.69, 9.17) is 4.74 Å². The molecule has 0 radical (unpaired) electrons. The molecule has 8 nitrogen and oxygen atoms in total. The maximum atomic E-state index is 13.0. The van der Waals surface area contributed by atoms with Gasteiger partial charge in [0.2, 0.25) is 0 Å². The number of ether oxygens (including phenoxy) is 1. The molecule has 1 N–H and O–H groups in total. The van der Waals surface area contributed by atoms with Crippen molar-refractivity contribution in [3.63, 3.8) is 0 Å². The van der Waals surface area contributed by atoms with Crippen LogP contribution in [0.15, 0.2) is 54.2 Å². The Bertz CT molecular complexity index is 1230. The number of anilines is 1. The van der Waals surface area contributed by atoms with Gasteiger partial charge in [-0.25, -0.2) is 14.5 Å². The zero-order valence-electron chi connectivity index (χ0n) is 17.9. The number of carbonyl (C=O) groups is 1. The van der Waals surface area contributed by atoms with Crippen LogP contribution in [0.4, 0.5) is 5.13 Å². The molecule has 0 saturated carbocycles. The lowest BCUT2D eigenvalue weighted by Crippen LogP contribution is -2.44. The Morgan fingerprint density at radius 2 is 1.97 bits per heavy atom. The molecule has 9 heteroatoms. The summed E-state index contributed by atoms with van der Waals surface area (Å²) in [6.07, 6.45) is 3.66. The SMILES string of the molecule is CC1CN(Cc2csc(NC(=O)c3cnn4c(-c5ccccc5)ccnc34)n2)CC(C)O1. The number of amides is 1. The van der Waals surface area contributed by atoms with Crippen molar-refractivity contribution in [3.8, 4) is 11.3 Å². The Morgan fingerprint density at radius 3 is 2.75 bits per heavy atom. The van der Waals surface area contributed by atoms with Gasteiger partial charge in [-0.3, -0.25) is 15.0 Å². The van der Waals surface area contributed by atoms with Crippen LogP contribution in [-0.4, -0.2) is 55.7 Å². The Balaban J connectivity index is 1.32. The molecule has 0 spiro atoms. The van der Waals surface area contributed by atoms with E-state index in [1.54, 1.807) is 16.9 Å². The summed E-state index contributed by atoms with van der Waals surface area (Å²) >= 11 is 1.42. The highest BCUT2D eigenvalue weighted by Gasteiger charge is 2.23. The van der Waals surface area contributed by atoms with E-state index >= 15 is 0 Å². The molecular weight excluding hydrogens is 424 g/mol. The van der Waals surface area contributed by atoms with Crippen molar-refractivity contribution >= 4 is 28.0 Å². The van der Waals surface area contributed by atoms with E-state index in [-0.39, 0.29) is 18.1 Å². The van der Waals surface area contributed by atoms with Crippen molar-refractivity contribution in [2.75, 3.05) is 18.4 Å². The summed E-state index contributed by atoms with van der Waals surface area (Å²) in [6.45, 7) is 6.66. The number of benzene rings is 1. The highest BCUT2D eigenvalue weighted by molar-refractivity contribution is 7.14. The van der Waals surface area contributed by atoms with E-state index in [9.17, 15) is 4.79 Å². The number of nitrogens with zero attached hydrogens (tertiary/aromatic N) is 5. The fraction of sp³-hybridized carbons (Fsp3) is 0.304. The second kappa shape index (κ2) is 8.78. The Kier molecular flexibility index (Phi) is 5.69. The lowest BCUT2D eigenvalue weighted by Gasteiger charge is -2.34. The van der Waals surface area contributed by atoms with Crippen LogP contribution in [0.1, 0.15) is 29.9 Å². The van der Waals surface area contributed by atoms with E-state index in [0.29, 0.717) is 16.3 Å². The summed E-state index contributed by atoms with van der Waals surface area (Å²) in [5.74, 6) is -0.271. The van der Waals surface area contributed by atoms with Crippen LogP contribution in [0.2, 0.25) is 0 Å². The first-order valence-electron chi connectivity index (χ1n) is 10.6. The molecule has 32 heavy (non-hydrogen) atoms. The van der Waals surface area contributed by atoms with Gasteiger partial charge in [0.15, 0.2) is 10.8 Å². The largest absolute Gasteiger partial charge is 0.373 e. The summed E-state index contributed by atoms with van der Waals surface area (Å²) < 4.78 is 7.49. The molecule has 0 aliphatic carbocycles. The van der Waals surface area contributed by atoms with E-state index < -0.39 is 0 Å². The van der Waals surface area contributed by atoms with Crippen LogP contribution in [0, 0.1) is 0 Å². The molecule has 4 heterocycles. The van der Waals surface area contributed by atoms with Crippen LogP contribution in [0.5, 0.6) is 0 Å². The molecule has 2 unspecified atom stereocenters. The van der Waals surface area contributed by atoms with Crippen LogP contribution < -0.4 is 5.32 Å². The number of thiazole rings is 1. The molecule has 4 aromatic rings. The molecule has 1 aromatic carbocycles. The van der Waals surface area contributed by atoms with Gasteiger partial charge in [-0.2, -0.15) is 5.10 Å². The second-order valence-corrected chi connectivity index (χ2v) is 8.90. The van der Waals surface area contributed by atoms with Gasteiger partial charge in [-0.15, -0.1) is 11.3 Å². The molecule has 0 bridgehead atoms. The lowest BCUT2D eigenvalue weighted by atomic mass is 10.1. The average Bonchev–Trinajstić information content (AvgIpc) is 3.40. The minimum Gasteiger partial charge on any atom is -0.373 e. The zero-order chi connectivity index (χ0) is 22.1. The van der Waals surface area contributed by atoms with Gasteiger partial charge in [0, 0.05) is 36.8 Å². The molecule has 1 amide bonds. The first kappa shape index (κ1) is 20.7. The first-order chi connectivity index (χ1) is 15.6. The third-order valence-corrected chi connectivity index (χ3v) is 6.18. The smallest absolute Gasteiger partial charge is 0.262 e. The number of hydrogen-bond acceptors (Lipinski definition) is 7. The quantitative estimate of drug-likeness (QED) is 0.501. The van der Waals surface area contributed by atoms with Gasteiger partial charge in [-0.05, 0) is 19.9 Å². The van der Waals surface area contributed by atoms with Crippen LogP contribution in [-0.2, 0) is 11.3 Å². The van der Waals surface area contributed by atoms with Gasteiger partial charge in [0.1, 0.15) is 5.56 Å². The Hall–Kier alpha value is -3.14. The van der Waals surface area contributed by atoms with E-state index in [2.05, 4.69) is 39.1 Å². The van der Waals surface area contributed by atoms with Crippen molar-refractivity contribution < 1.29 is 9.53 Å². The summed E-state index contributed by atoms with van der Waals surface area (Å²) in [5, 5.41) is 9.87. The van der Waals surface area contributed by atoms with Gasteiger partial charge >= 0.3 is 0 Å². The Morgan fingerprint density at radius 1 is 1.19 bits per heavy atom. The summed E-state index contributed by atoms with van der Waals surface area (Å²) in [7, 11) is 0. The lowest BCUT2D eigenvalue weighted by molar-refractivity contribution is -0.0707. The standard InChI is InChI=1S/C23H24N6O2S/c1-15-11-28(12-16(2)31-15)13-18-14-32-23(26-18)27-22(30)19-10-25-29-20(8-9-24-21(19)29)17-6-4-3-5-7-17/h3-10,14-16H,11-13H2,1-2H3,(H,26,27,30).